The summed E-state index contributed by atoms with van der Waals surface area (Å²) in [6.07, 6.45) is 1.11. The summed E-state index contributed by atoms with van der Waals surface area (Å²) >= 11 is 5.82. The summed E-state index contributed by atoms with van der Waals surface area (Å²) in [6, 6.07) is 7.23. The van der Waals surface area contributed by atoms with E-state index in [0.717, 1.165) is 0 Å². The average molecular weight is 377 g/mol. The molecule has 0 N–H and O–H groups in total. The Morgan fingerprint density at radius 3 is 2.38 bits per heavy atom. The van der Waals surface area contributed by atoms with Crippen molar-refractivity contribution < 1.29 is 14.0 Å². The smallest absolute Gasteiger partial charge is 0.318 e. The first-order chi connectivity index (χ1) is 12.6. The molecule has 0 atom stereocenters. The van der Waals surface area contributed by atoms with Crippen molar-refractivity contribution in [2.24, 2.45) is 0 Å². The molecule has 2 heterocycles. The molecule has 8 heteroatoms. The molecule has 0 spiro atoms. The number of nitrogens with zero attached hydrogens (tertiary/aromatic N) is 4. The predicted molar refractivity (Wildman–Crippen MR) is 97.5 cm³/mol. The number of benzene rings is 1. The normalized spacial score (nSPS) is 14.5. The lowest BCUT2D eigenvalue weighted by atomic mass is 10.1. The van der Waals surface area contributed by atoms with Crippen LogP contribution in [0.15, 0.2) is 28.7 Å². The van der Waals surface area contributed by atoms with Gasteiger partial charge in [0.25, 0.3) is 0 Å². The Hall–Kier alpha value is -2.41. The second-order valence-corrected chi connectivity index (χ2v) is 6.57. The van der Waals surface area contributed by atoms with E-state index in [9.17, 15) is 9.59 Å². The highest BCUT2D eigenvalue weighted by Crippen LogP contribution is 2.16. The van der Waals surface area contributed by atoms with E-state index < -0.39 is 0 Å². The number of carbonyl (C=O) groups excluding carboxylic acids is 2. The molecule has 1 aromatic heterocycles. The van der Waals surface area contributed by atoms with Crippen molar-refractivity contribution in [3.05, 3.63) is 40.7 Å². The summed E-state index contributed by atoms with van der Waals surface area (Å²) in [5.74, 6) is 0.553. The maximum absolute atomic E-state index is 12.4. The van der Waals surface area contributed by atoms with E-state index in [4.69, 9.17) is 16.0 Å². The number of aryl methyl sites for hydroxylation is 1. The molecule has 2 aromatic rings. The first kappa shape index (κ1) is 18.4. The van der Waals surface area contributed by atoms with Crippen LogP contribution in [0, 0.1) is 0 Å². The van der Waals surface area contributed by atoms with E-state index in [2.05, 4.69) is 10.2 Å². The van der Waals surface area contributed by atoms with Crippen LogP contribution in [0.1, 0.15) is 36.0 Å². The van der Waals surface area contributed by atoms with Crippen molar-refractivity contribution in [1.82, 2.24) is 15.1 Å². The second-order valence-electron chi connectivity index (χ2n) is 6.13. The number of halogens is 1. The van der Waals surface area contributed by atoms with Gasteiger partial charge in [0.05, 0.1) is 0 Å². The number of carbonyl (C=O) groups is 2. The molecule has 138 valence electrons. The molecule has 7 nitrogen and oxygen atoms in total. The quantitative estimate of drug-likeness (QED) is 0.721. The van der Waals surface area contributed by atoms with E-state index in [-0.39, 0.29) is 24.5 Å². The van der Waals surface area contributed by atoms with Crippen molar-refractivity contribution in [2.75, 3.05) is 31.1 Å². The van der Waals surface area contributed by atoms with Crippen LogP contribution < -0.4 is 4.90 Å². The van der Waals surface area contributed by atoms with Crippen molar-refractivity contribution >= 4 is 29.3 Å². The molecule has 26 heavy (non-hydrogen) atoms. The van der Waals surface area contributed by atoms with Crippen LogP contribution in [-0.2, 0) is 11.2 Å². The van der Waals surface area contributed by atoms with Crippen LogP contribution in [0.25, 0.3) is 0 Å². The summed E-state index contributed by atoms with van der Waals surface area (Å²) in [4.78, 5) is 28.3. The number of hydrogen-bond donors (Lipinski definition) is 0. The van der Waals surface area contributed by atoms with Crippen LogP contribution in [0.3, 0.4) is 0 Å². The molecule has 1 aliphatic rings. The van der Waals surface area contributed by atoms with Gasteiger partial charge in [-0.05, 0) is 24.3 Å². The lowest BCUT2D eigenvalue weighted by molar-refractivity contribution is -0.131. The molecule has 0 radical (unpaired) electrons. The molecule has 0 bridgehead atoms. The summed E-state index contributed by atoms with van der Waals surface area (Å²) < 4.78 is 5.55. The molecule has 0 unspecified atom stereocenters. The molecule has 1 aromatic carbocycles. The number of aromatic nitrogens is 2. The van der Waals surface area contributed by atoms with Gasteiger partial charge < -0.3 is 14.2 Å². The summed E-state index contributed by atoms with van der Waals surface area (Å²) in [5.41, 5.74) is 0.579. The Morgan fingerprint density at radius 2 is 1.77 bits per heavy atom. The first-order valence-corrected chi connectivity index (χ1v) is 9.08. The minimum Gasteiger partial charge on any atom is -0.408 e. The number of anilines is 1. The van der Waals surface area contributed by atoms with E-state index in [0.29, 0.717) is 55.1 Å². The van der Waals surface area contributed by atoms with Crippen molar-refractivity contribution in [3.8, 4) is 0 Å². The molecule has 0 saturated carbocycles. The zero-order valence-corrected chi connectivity index (χ0v) is 15.4. The maximum atomic E-state index is 12.4. The van der Waals surface area contributed by atoms with Gasteiger partial charge in [0.2, 0.25) is 11.8 Å². The highest BCUT2D eigenvalue weighted by Gasteiger charge is 2.24. The van der Waals surface area contributed by atoms with Gasteiger partial charge in [0.1, 0.15) is 0 Å². The molecule has 1 fully saturated rings. The fourth-order valence-electron chi connectivity index (χ4n) is 2.82. The maximum Gasteiger partial charge on any atom is 0.318 e. The van der Waals surface area contributed by atoms with E-state index in [1.807, 2.05) is 11.8 Å². The van der Waals surface area contributed by atoms with Gasteiger partial charge in [-0.1, -0.05) is 23.6 Å². The summed E-state index contributed by atoms with van der Waals surface area (Å²) in [7, 11) is 0. The monoisotopic (exact) mass is 376 g/mol. The van der Waals surface area contributed by atoms with Gasteiger partial charge in [-0.15, -0.1) is 5.10 Å². The number of amides is 1. The first-order valence-electron chi connectivity index (χ1n) is 8.70. The molecule has 0 aliphatic carbocycles. The van der Waals surface area contributed by atoms with E-state index >= 15 is 0 Å². The number of hydrogen-bond acceptors (Lipinski definition) is 6. The standard InChI is InChI=1S/C18H21ClN4O3/c1-2-16-20-21-18(26-16)23-11-9-22(10-12-23)17(25)8-7-15(24)13-3-5-14(19)6-4-13/h3-6H,2,7-12H2,1H3. The Labute approximate surface area is 156 Å². The summed E-state index contributed by atoms with van der Waals surface area (Å²) in [6.45, 7) is 4.40. The number of rotatable bonds is 6. The topological polar surface area (TPSA) is 79.5 Å². The Kier molecular flexibility index (Phi) is 5.88. The fourth-order valence-corrected chi connectivity index (χ4v) is 2.95. The van der Waals surface area contributed by atoms with Crippen molar-refractivity contribution in [1.29, 1.82) is 0 Å². The minimum absolute atomic E-state index is 0.00765. The average Bonchev–Trinajstić information content (AvgIpc) is 3.16. The number of ketones is 1. The summed E-state index contributed by atoms with van der Waals surface area (Å²) in [5, 5.41) is 8.58. The van der Waals surface area contributed by atoms with Crippen molar-refractivity contribution in [3.63, 3.8) is 0 Å². The van der Waals surface area contributed by atoms with E-state index in [1.165, 1.54) is 0 Å². The van der Waals surface area contributed by atoms with Crippen LogP contribution in [-0.4, -0.2) is 53.0 Å². The molecule has 1 saturated heterocycles. The highest BCUT2D eigenvalue weighted by atomic mass is 35.5. The van der Waals surface area contributed by atoms with Crippen molar-refractivity contribution in [2.45, 2.75) is 26.2 Å². The lowest BCUT2D eigenvalue weighted by Gasteiger charge is -2.33. The third-order valence-corrected chi connectivity index (χ3v) is 4.65. The van der Waals surface area contributed by atoms with Gasteiger partial charge in [-0.25, -0.2) is 0 Å². The second kappa shape index (κ2) is 8.31. The SMILES string of the molecule is CCc1nnc(N2CCN(C(=O)CCC(=O)c3ccc(Cl)cc3)CC2)o1. The number of piperazine rings is 1. The Bertz CT molecular complexity index is 767. The van der Waals surface area contributed by atoms with Gasteiger partial charge in [0, 0.05) is 56.0 Å². The van der Waals surface area contributed by atoms with Gasteiger partial charge in [-0.2, -0.15) is 0 Å². The highest BCUT2D eigenvalue weighted by molar-refractivity contribution is 6.30. The third kappa shape index (κ3) is 4.40. The van der Waals surface area contributed by atoms with Gasteiger partial charge in [-0.3, -0.25) is 9.59 Å². The predicted octanol–water partition coefficient (Wildman–Crippen LogP) is 2.60. The van der Waals surface area contributed by atoms with Crippen LogP contribution in [0.5, 0.6) is 0 Å². The van der Waals surface area contributed by atoms with Gasteiger partial charge in [0.15, 0.2) is 5.78 Å². The largest absolute Gasteiger partial charge is 0.408 e. The Balaban J connectivity index is 1.46. The van der Waals surface area contributed by atoms with Gasteiger partial charge >= 0.3 is 6.01 Å². The molecule has 3 rings (SSSR count). The van der Waals surface area contributed by atoms with E-state index in [1.54, 1.807) is 29.2 Å². The van der Waals surface area contributed by atoms with Crippen LogP contribution in [0.2, 0.25) is 5.02 Å². The zero-order valence-electron chi connectivity index (χ0n) is 14.7. The van der Waals surface area contributed by atoms with Crippen LogP contribution >= 0.6 is 11.6 Å². The molecule has 1 amide bonds. The Morgan fingerprint density at radius 1 is 1.08 bits per heavy atom. The zero-order chi connectivity index (χ0) is 18.5. The fraction of sp³-hybridized carbons (Fsp3) is 0.444. The minimum atomic E-state index is -0.0494. The molecular weight excluding hydrogens is 356 g/mol. The lowest BCUT2D eigenvalue weighted by Crippen LogP contribution is -2.49. The third-order valence-electron chi connectivity index (χ3n) is 4.39. The molecule has 1 aliphatic heterocycles. The van der Waals surface area contributed by atoms with Crippen LogP contribution in [0.4, 0.5) is 6.01 Å². The molecular formula is C18H21ClN4O3. The number of Topliss-reactive ketones (excluding diaryl/α,β-unsaturated/α-hetero) is 1.